The number of carbonyl (C=O) groups is 1. The average Bonchev–Trinajstić information content (AvgIpc) is 3.39. The molecule has 0 radical (unpaired) electrons. The minimum atomic E-state index is -1.98. The zero-order valence-corrected chi connectivity index (χ0v) is 43.1. The monoisotopic (exact) mass is 1040 g/mol. The van der Waals surface area contributed by atoms with Crippen molar-refractivity contribution in [2.24, 2.45) is 0 Å². The Morgan fingerprint density at radius 2 is 0.945 bits per heavy atom. The van der Waals surface area contributed by atoms with Crippen molar-refractivity contribution in [2.75, 3.05) is 26.4 Å². The topological polar surface area (TPSA) is 307 Å². The fourth-order valence-corrected chi connectivity index (χ4v) is 8.57. The molecule has 0 bridgehead atoms. The molecule has 0 aromatic rings. The van der Waals surface area contributed by atoms with Gasteiger partial charge in [-0.25, -0.2) is 0 Å². The summed E-state index contributed by atoms with van der Waals surface area (Å²) in [4.78, 5) is 13.2. The highest BCUT2D eigenvalue weighted by Crippen LogP contribution is 2.33. The van der Waals surface area contributed by atoms with Crippen molar-refractivity contribution in [2.45, 2.75) is 234 Å². The van der Waals surface area contributed by atoms with E-state index in [9.17, 15) is 61.0 Å². The summed E-state index contributed by atoms with van der Waals surface area (Å²) in [5.74, 6) is -0.315. The molecule has 73 heavy (non-hydrogen) atoms. The lowest BCUT2D eigenvalue weighted by molar-refractivity contribution is -0.379. The van der Waals surface area contributed by atoms with E-state index in [1.807, 2.05) is 6.08 Å². The van der Waals surface area contributed by atoms with Gasteiger partial charge < -0.3 is 89.9 Å². The van der Waals surface area contributed by atoms with Crippen molar-refractivity contribution in [3.8, 4) is 0 Å². The molecule has 0 aromatic heterocycles. The average molecular weight is 1040 g/mol. The van der Waals surface area contributed by atoms with Crippen LogP contribution < -0.4 is 5.32 Å². The van der Waals surface area contributed by atoms with Gasteiger partial charge in [0.15, 0.2) is 18.9 Å². The molecule has 3 aliphatic rings. The lowest BCUT2D eigenvalue weighted by Gasteiger charge is -2.48. The highest BCUT2D eigenvalue weighted by atomic mass is 16.8. The number of hydrogen-bond donors (Lipinski definition) is 12. The molecule has 3 fully saturated rings. The number of aliphatic hydroxyl groups excluding tert-OH is 11. The summed E-state index contributed by atoms with van der Waals surface area (Å²) in [6.45, 7) is 1.49. The minimum Gasteiger partial charge on any atom is -0.394 e. The van der Waals surface area contributed by atoms with Crippen LogP contribution in [0.1, 0.15) is 129 Å². The van der Waals surface area contributed by atoms with Crippen molar-refractivity contribution in [1.82, 2.24) is 5.32 Å². The highest BCUT2D eigenvalue weighted by molar-refractivity contribution is 5.76. The number of allylic oxidation sites excluding steroid dienone is 11. The Morgan fingerprint density at radius 3 is 1.48 bits per heavy atom. The van der Waals surface area contributed by atoms with Gasteiger partial charge in [-0.15, -0.1) is 0 Å². The maximum atomic E-state index is 13.2. The Hall–Kier alpha value is -2.77. The number of hydrogen-bond acceptors (Lipinski definition) is 18. The molecule has 17 unspecified atom stereocenters. The Labute approximate surface area is 432 Å². The predicted molar refractivity (Wildman–Crippen MR) is 272 cm³/mol. The summed E-state index contributed by atoms with van der Waals surface area (Å²) < 4.78 is 34.1. The Balaban J connectivity index is 1.53. The Morgan fingerprint density at radius 1 is 0.507 bits per heavy atom. The molecule has 17 atom stereocenters. The summed E-state index contributed by atoms with van der Waals surface area (Å²) in [7, 11) is 0. The van der Waals surface area contributed by atoms with Crippen LogP contribution in [0.4, 0.5) is 0 Å². The SMILES string of the molecule is CC/C=C\C/C=C\C/C=C\C/C=C\C/C=C\CCCCCC(=O)NC(COC1OC(CO)C(OC2OC(CO)C(OC3OC(CO)C(O)C(O)C3O)C(O)C2O)C(O)C1O)C(O)/C=C/CCCCCCCCC. The molecule has 1 amide bonds. The molecule has 0 spiro atoms. The molecule has 3 aliphatic heterocycles. The van der Waals surface area contributed by atoms with E-state index < -0.39 is 124 Å². The van der Waals surface area contributed by atoms with Gasteiger partial charge in [0, 0.05) is 6.42 Å². The van der Waals surface area contributed by atoms with Crippen molar-refractivity contribution in [3.05, 3.63) is 72.9 Å². The van der Waals surface area contributed by atoms with E-state index in [4.69, 9.17) is 28.4 Å². The summed E-state index contributed by atoms with van der Waals surface area (Å²) in [5.41, 5.74) is 0. The molecular weight excluding hydrogens is 951 g/mol. The Bertz CT molecular complexity index is 1620. The highest BCUT2D eigenvalue weighted by Gasteiger charge is 2.53. The number of ether oxygens (including phenoxy) is 6. The van der Waals surface area contributed by atoms with Gasteiger partial charge in [0.1, 0.15) is 73.2 Å². The molecule has 19 heteroatoms. The third-order valence-corrected chi connectivity index (χ3v) is 13.0. The first-order chi connectivity index (χ1) is 35.3. The summed E-state index contributed by atoms with van der Waals surface area (Å²) in [5, 5.41) is 120. The van der Waals surface area contributed by atoms with Crippen LogP contribution in [-0.4, -0.2) is 193 Å². The minimum absolute atomic E-state index is 0.199. The first kappa shape index (κ1) is 64.5. The lowest BCUT2D eigenvalue weighted by Crippen LogP contribution is -2.66. The molecule has 0 aromatic carbocycles. The number of aliphatic hydroxyl groups is 11. The van der Waals surface area contributed by atoms with Gasteiger partial charge in [0.25, 0.3) is 0 Å². The van der Waals surface area contributed by atoms with Crippen LogP contribution in [0.15, 0.2) is 72.9 Å². The Kier molecular flexibility index (Phi) is 33.5. The van der Waals surface area contributed by atoms with Crippen LogP contribution in [0.5, 0.6) is 0 Å². The van der Waals surface area contributed by atoms with Crippen LogP contribution in [0.2, 0.25) is 0 Å². The van der Waals surface area contributed by atoms with Gasteiger partial charge in [-0.1, -0.05) is 132 Å². The molecular formula is C54H91NO18. The van der Waals surface area contributed by atoms with Gasteiger partial charge in [0.2, 0.25) is 5.91 Å². The zero-order chi connectivity index (χ0) is 53.4. The number of nitrogens with one attached hydrogen (secondary N) is 1. The number of carbonyl (C=O) groups excluding carboxylic acids is 1. The standard InChI is InChI=1S/C54H91NO18/c1-3-5-7-9-11-13-14-15-16-17-18-19-20-21-22-24-26-28-30-32-42(60)55-37(38(59)31-29-27-25-23-12-10-8-6-4-2)36-68-52-48(66)45(63)50(40(34-57)70-52)73-54-49(67)46(64)51(41(35-58)71-54)72-53-47(65)44(62)43(61)39(33-56)69-53/h5,7,11,13,15-16,18-19,21-22,29,31,37-41,43-54,56-59,61-67H,3-4,6,8-10,12,14,17,20,23-28,30,32-36H2,1-2H3,(H,55,60)/b7-5-,13-11-,16-15-,19-18-,22-21-,31-29+. The fourth-order valence-electron chi connectivity index (χ4n) is 8.57. The molecule has 3 saturated heterocycles. The molecule has 19 nitrogen and oxygen atoms in total. The number of rotatable bonds is 36. The van der Waals surface area contributed by atoms with Crippen LogP contribution in [0, 0.1) is 0 Å². The molecule has 0 aliphatic carbocycles. The zero-order valence-electron chi connectivity index (χ0n) is 43.1. The lowest BCUT2D eigenvalue weighted by atomic mass is 9.96. The summed E-state index contributed by atoms with van der Waals surface area (Å²) in [6.07, 6.45) is 14.8. The van der Waals surface area contributed by atoms with Gasteiger partial charge in [0.05, 0.1) is 38.6 Å². The fraction of sp³-hybridized carbons (Fsp3) is 0.759. The number of unbranched alkanes of at least 4 members (excludes halogenated alkanes) is 10. The van der Waals surface area contributed by atoms with E-state index in [0.29, 0.717) is 6.42 Å². The maximum absolute atomic E-state index is 13.2. The maximum Gasteiger partial charge on any atom is 0.220 e. The quantitative estimate of drug-likeness (QED) is 0.0317. The third kappa shape index (κ3) is 23.2. The van der Waals surface area contributed by atoms with E-state index >= 15 is 0 Å². The second-order valence-electron chi connectivity index (χ2n) is 19.0. The summed E-state index contributed by atoms with van der Waals surface area (Å²) in [6, 6.07) is -0.991. The van der Waals surface area contributed by atoms with E-state index in [1.54, 1.807) is 6.08 Å². The van der Waals surface area contributed by atoms with Crippen LogP contribution >= 0.6 is 0 Å². The largest absolute Gasteiger partial charge is 0.394 e. The van der Waals surface area contributed by atoms with Crippen LogP contribution in [-0.2, 0) is 33.2 Å². The molecule has 3 rings (SSSR count). The van der Waals surface area contributed by atoms with Gasteiger partial charge in [-0.05, 0) is 64.2 Å². The smallest absolute Gasteiger partial charge is 0.220 e. The second-order valence-corrected chi connectivity index (χ2v) is 19.0. The second kappa shape index (κ2) is 37.9. The molecule has 12 N–H and O–H groups in total. The van der Waals surface area contributed by atoms with E-state index in [1.165, 1.54) is 25.7 Å². The molecule has 420 valence electrons. The van der Waals surface area contributed by atoms with Gasteiger partial charge in [-0.3, -0.25) is 4.79 Å². The van der Waals surface area contributed by atoms with Crippen LogP contribution in [0.3, 0.4) is 0 Å². The molecule has 3 heterocycles. The normalized spacial score (nSPS) is 32.3. The van der Waals surface area contributed by atoms with E-state index in [2.05, 4.69) is 79.9 Å². The van der Waals surface area contributed by atoms with Crippen molar-refractivity contribution in [1.29, 1.82) is 0 Å². The predicted octanol–water partition coefficient (Wildman–Crippen LogP) is 2.70. The van der Waals surface area contributed by atoms with Crippen molar-refractivity contribution in [3.63, 3.8) is 0 Å². The summed E-state index contributed by atoms with van der Waals surface area (Å²) >= 11 is 0. The first-order valence-corrected chi connectivity index (χ1v) is 26.7. The number of amides is 1. The molecule has 0 saturated carbocycles. The van der Waals surface area contributed by atoms with E-state index in [-0.39, 0.29) is 18.9 Å². The van der Waals surface area contributed by atoms with Gasteiger partial charge >= 0.3 is 0 Å². The first-order valence-electron chi connectivity index (χ1n) is 26.7. The van der Waals surface area contributed by atoms with Gasteiger partial charge in [-0.2, -0.15) is 0 Å². The van der Waals surface area contributed by atoms with Crippen molar-refractivity contribution >= 4 is 5.91 Å². The van der Waals surface area contributed by atoms with E-state index in [0.717, 1.165) is 77.0 Å². The third-order valence-electron chi connectivity index (χ3n) is 13.0. The van der Waals surface area contributed by atoms with Crippen molar-refractivity contribution < 1.29 is 89.4 Å². The van der Waals surface area contributed by atoms with Crippen LogP contribution in [0.25, 0.3) is 0 Å².